The molecule has 11 heteroatoms. The average Bonchev–Trinajstić information content (AvgIpc) is 2.66. The zero-order valence-corrected chi connectivity index (χ0v) is 18.3. The predicted octanol–water partition coefficient (Wildman–Crippen LogP) is 3.34. The first kappa shape index (κ1) is 22.2. The number of ether oxygens (including phenoxy) is 2. The normalized spacial score (nSPS) is 15.7. The Bertz CT molecular complexity index is 1110. The Morgan fingerprint density at radius 2 is 1.97 bits per heavy atom. The number of halogens is 2. The van der Waals surface area contributed by atoms with Crippen molar-refractivity contribution in [2.75, 3.05) is 29.0 Å². The summed E-state index contributed by atoms with van der Waals surface area (Å²) < 4.78 is 36.1. The standard InChI is InChI=1S/C19H18Cl2N2O6S/c1-3-28-19(25)13-6-5-12(9-14(13)21)22-18(24)17-10-23(30(2,26)27)15-8-11(20)4-7-16(15)29-17/h4-9,17H,3,10H2,1-2H3,(H,22,24)/t17-/m0/s1. The van der Waals surface area contributed by atoms with Crippen LogP contribution in [0.15, 0.2) is 36.4 Å². The fourth-order valence-electron chi connectivity index (χ4n) is 2.87. The lowest BCUT2D eigenvalue weighted by Gasteiger charge is -2.34. The van der Waals surface area contributed by atoms with Gasteiger partial charge in [-0.3, -0.25) is 9.10 Å². The molecule has 3 rings (SSSR count). The molecule has 2 aromatic carbocycles. The first-order chi connectivity index (χ1) is 14.1. The summed E-state index contributed by atoms with van der Waals surface area (Å²) in [4.78, 5) is 24.6. The molecule has 8 nitrogen and oxygen atoms in total. The van der Waals surface area contributed by atoms with Gasteiger partial charge < -0.3 is 14.8 Å². The van der Waals surface area contributed by atoms with Crippen molar-refractivity contribution in [3.63, 3.8) is 0 Å². The fourth-order valence-corrected chi connectivity index (χ4v) is 4.20. The van der Waals surface area contributed by atoms with E-state index in [4.69, 9.17) is 32.7 Å². The van der Waals surface area contributed by atoms with Crippen LogP contribution in [-0.4, -0.2) is 45.8 Å². The Morgan fingerprint density at radius 3 is 2.60 bits per heavy atom. The molecule has 0 unspecified atom stereocenters. The zero-order chi connectivity index (χ0) is 22.1. The van der Waals surface area contributed by atoms with E-state index in [-0.39, 0.29) is 35.2 Å². The first-order valence-corrected chi connectivity index (χ1v) is 11.4. The number of anilines is 2. The number of carbonyl (C=O) groups excluding carboxylic acids is 2. The van der Waals surface area contributed by atoms with Crippen molar-refractivity contribution in [1.82, 2.24) is 0 Å². The van der Waals surface area contributed by atoms with Crippen molar-refractivity contribution in [1.29, 1.82) is 0 Å². The van der Waals surface area contributed by atoms with Crippen LogP contribution in [0.3, 0.4) is 0 Å². The summed E-state index contributed by atoms with van der Waals surface area (Å²) in [7, 11) is -3.68. The second-order valence-electron chi connectivity index (χ2n) is 6.42. The van der Waals surface area contributed by atoms with Gasteiger partial charge in [-0.25, -0.2) is 13.2 Å². The summed E-state index contributed by atoms with van der Waals surface area (Å²) in [6.07, 6.45) is -0.0804. The third kappa shape index (κ3) is 4.80. The highest BCUT2D eigenvalue weighted by atomic mass is 35.5. The van der Waals surface area contributed by atoms with Crippen molar-refractivity contribution in [2.45, 2.75) is 13.0 Å². The molecule has 160 valence electrons. The van der Waals surface area contributed by atoms with E-state index in [0.29, 0.717) is 10.7 Å². The van der Waals surface area contributed by atoms with Crippen LogP contribution >= 0.6 is 23.2 Å². The van der Waals surface area contributed by atoms with Gasteiger partial charge >= 0.3 is 5.97 Å². The van der Waals surface area contributed by atoms with Gasteiger partial charge in [-0.15, -0.1) is 0 Å². The van der Waals surface area contributed by atoms with Crippen molar-refractivity contribution in [3.8, 4) is 5.75 Å². The van der Waals surface area contributed by atoms with Crippen LogP contribution in [0.25, 0.3) is 0 Å². The number of benzene rings is 2. The molecule has 1 aliphatic rings. The number of fused-ring (bicyclic) bond motifs is 1. The van der Waals surface area contributed by atoms with Crippen LogP contribution in [0, 0.1) is 0 Å². The molecular weight excluding hydrogens is 455 g/mol. The fraction of sp³-hybridized carbons (Fsp3) is 0.263. The van der Waals surface area contributed by atoms with Gasteiger partial charge in [0.05, 0.1) is 35.7 Å². The number of nitrogens with one attached hydrogen (secondary N) is 1. The van der Waals surface area contributed by atoms with Crippen LogP contribution in [0.4, 0.5) is 11.4 Å². The maximum absolute atomic E-state index is 12.7. The van der Waals surface area contributed by atoms with E-state index in [1.54, 1.807) is 6.92 Å². The van der Waals surface area contributed by atoms with Gasteiger partial charge in [-0.1, -0.05) is 23.2 Å². The molecule has 30 heavy (non-hydrogen) atoms. The van der Waals surface area contributed by atoms with E-state index in [1.807, 2.05) is 0 Å². The Kier molecular flexibility index (Phi) is 6.44. The molecule has 0 saturated carbocycles. The summed E-state index contributed by atoms with van der Waals surface area (Å²) in [5.41, 5.74) is 0.741. The lowest BCUT2D eigenvalue weighted by atomic mass is 10.2. The molecule has 2 aromatic rings. The number of hydrogen-bond acceptors (Lipinski definition) is 6. The van der Waals surface area contributed by atoms with E-state index in [9.17, 15) is 18.0 Å². The van der Waals surface area contributed by atoms with Crippen molar-refractivity contribution < 1.29 is 27.5 Å². The maximum atomic E-state index is 12.7. The summed E-state index contributed by atoms with van der Waals surface area (Å²) in [6.45, 7) is 1.65. The van der Waals surface area contributed by atoms with Gasteiger partial charge in [-0.05, 0) is 43.3 Å². The molecule has 0 saturated heterocycles. The highest BCUT2D eigenvalue weighted by molar-refractivity contribution is 7.92. The second-order valence-corrected chi connectivity index (χ2v) is 9.17. The average molecular weight is 473 g/mol. The third-order valence-electron chi connectivity index (χ3n) is 4.22. The molecule has 1 aliphatic heterocycles. The van der Waals surface area contributed by atoms with E-state index in [1.165, 1.54) is 36.4 Å². The monoisotopic (exact) mass is 472 g/mol. The lowest BCUT2D eigenvalue weighted by molar-refractivity contribution is -0.122. The van der Waals surface area contributed by atoms with Gasteiger partial charge in [0, 0.05) is 10.7 Å². The number of nitrogens with zero attached hydrogens (tertiary/aromatic N) is 1. The predicted molar refractivity (Wildman–Crippen MR) is 114 cm³/mol. The highest BCUT2D eigenvalue weighted by Crippen LogP contribution is 2.37. The smallest absolute Gasteiger partial charge is 0.339 e. The number of esters is 1. The minimum Gasteiger partial charge on any atom is -0.476 e. The summed E-state index contributed by atoms with van der Waals surface area (Å²) in [5, 5.41) is 3.06. The number of amides is 1. The molecule has 0 spiro atoms. The first-order valence-electron chi connectivity index (χ1n) is 8.81. The summed E-state index contributed by atoms with van der Waals surface area (Å²) in [5.74, 6) is -0.939. The van der Waals surface area contributed by atoms with Gasteiger partial charge in [0.15, 0.2) is 6.10 Å². The van der Waals surface area contributed by atoms with E-state index in [0.717, 1.165) is 10.6 Å². The summed E-state index contributed by atoms with van der Waals surface area (Å²) >= 11 is 12.1. The number of rotatable bonds is 5. The van der Waals surface area contributed by atoms with Crippen molar-refractivity contribution >= 4 is 56.5 Å². The van der Waals surface area contributed by atoms with E-state index in [2.05, 4.69) is 5.32 Å². The number of carbonyl (C=O) groups is 2. The van der Waals surface area contributed by atoms with Gasteiger partial charge in [0.1, 0.15) is 5.75 Å². The van der Waals surface area contributed by atoms with Crippen LogP contribution < -0.4 is 14.4 Å². The molecule has 0 aliphatic carbocycles. The minimum absolute atomic E-state index is 0.105. The van der Waals surface area contributed by atoms with E-state index >= 15 is 0 Å². The van der Waals surface area contributed by atoms with Crippen molar-refractivity contribution in [2.24, 2.45) is 0 Å². The molecule has 0 bridgehead atoms. The quantitative estimate of drug-likeness (QED) is 0.669. The Labute approximate surface area is 183 Å². The Balaban J connectivity index is 1.81. The summed E-state index contributed by atoms with van der Waals surface area (Å²) in [6, 6.07) is 8.81. The Hall–Kier alpha value is -2.49. The molecule has 1 heterocycles. The zero-order valence-electron chi connectivity index (χ0n) is 16.0. The van der Waals surface area contributed by atoms with Gasteiger partial charge in [0.25, 0.3) is 5.91 Å². The molecule has 1 atom stereocenters. The lowest BCUT2D eigenvalue weighted by Crippen LogP contribution is -2.48. The van der Waals surface area contributed by atoms with Crippen LogP contribution in [0.2, 0.25) is 10.0 Å². The maximum Gasteiger partial charge on any atom is 0.339 e. The SMILES string of the molecule is CCOC(=O)c1ccc(NC(=O)[C@@H]2CN(S(C)(=O)=O)c3cc(Cl)ccc3O2)cc1Cl. The van der Waals surface area contributed by atoms with Crippen molar-refractivity contribution in [3.05, 3.63) is 52.0 Å². The Morgan fingerprint density at radius 1 is 1.23 bits per heavy atom. The molecule has 1 N–H and O–H groups in total. The topological polar surface area (TPSA) is 102 Å². The van der Waals surface area contributed by atoms with Gasteiger partial charge in [0.2, 0.25) is 10.0 Å². The molecule has 0 aromatic heterocycles. The van der Waals surface area contributed by atoms with Crippen LogP contribution in [-0.2, 0) is 19.6 Å². The van der Waals surface area contributed by atoms with Crippen LogP contribution in [0.1, 0.15) is 17.3 Å². The largest absolute Gasteiger partial charge is 0.476 e. The van der Waals surface area contributed by atoms with Crippen LogP contribution in [0.5, 0.6) is 5.75 Å². The van der Waals surface area contributed by atoms with Gasteiger partial charge in [-0.2, -0.15) is 0 Å². The third-order valence-corrected chi connectivity index (χ3v) is 5.91. The second kappa shape index (κ2) is 8.71. The van der Waals surface area contributed by atoms with E-state index < -0.39 is 28.0 Å². The molecule has 0 radical (unpaired) electrons. The molecular formula is C19H18Cl2N2O6S. The number of hydrogen-bond donors (Lipinski definition) is 1. The minimum atomic E-state index is -3.68. The number of sulfonamides is 1. The highest BCUT2D eigenvalue weighted by Gasteiger charge is 2.35. The molecule has 1 amide bonds. The molecule has 0 fully saturated rings.